The van der Waals surface area contributed by atoms with Crippen molar-refractivity contribution in [2.45, 2.75) is 44.4 Å². The van der Waals surface area contributed by atoms with E-state index in [0.29, 0.717) is 6.42 Å². The maximum Gasteiger partial charge on any atom is 0.359 e. The second-order valence-corrected chi connectivity index (χ2v) is 4.29. The monoisotopic (exact) mass is 215 g/mol. The van der Waals surface area contributed by atoms with E-state index in [1.165, 1.54) is 0 Å². The molecular formula is C10H14FNO3. The molecule has 0 bridgehead atoms. The van der Waals surface area contributed by atoms with Gasteiger partial charge in [0.2, 0.25) is 5.91 Å². The van der Waals surface area contributed by atoms with Gasteiger partial charge in [-0.3, -0.25) is 9.69 Å². The Kier molecular flexibility index (Phi) is 2.63. The molecular weight excluding hydrogens is 201 g/mol. The van der Waals surface area contributed by atoms with E-state index < -0.39 is 12.3 Å². The van der Waals surface area contributed by atoms with Crippen molar-refractivity contribution in [1.29, 1.82) is 0 Å². The van der Waals surface area contributed by atoms with Gasteiger partial charge in [-0.15, -0.1) is 0 Å². The molecule has 84 valence electrons. The van der Waals surface area contributed by atoms with Gasteiger partial charge >= 0.3 is 5.97 Å². The number of halogens is 1. The topological polar surface area (TPSA) is 57.6 Å². The molecule has 4 nitrogen and oxygen atoms in total. The van der Waals surface area contributed by atoms with Gasteiger partial charge in [-0.25, -0.2) is 9.18 Å². The van der Waals surface area contributed by atoms with Crippen LogP contribution in [0.5, 0.6) is 0 Å². The van der Waals surface area contributed by atoms with Crippen molar-refractivity contribution in [3.63, 3.8) is 0 Å². The molecule has 3 unspecified atom stereocenters. The Morgan fingerprint density at radius 3 is 2.80 bits per heavy atom. The van der Waals surface area contributed by atoms with Gasteiger partial charge in [-0.2, -0.15) is 0 Å². The fraction of sp³-hybridized carbons (Fsp3) is 0.800. The van der Waals surface area contributed by atoms with E-state index in [0.717, 1.165) is 30.6 Å². The number of hydrogen-bond donors (Lipinski definition) is 1. The third-order valence-corrected chi connectivity index (χ3v) is 3.40. The second-order valence-electron chi connectivity index (χ2n) is 4.29. The normalized spacial score (nSPS) is 32.6. The third-order valence-electron chi connectivity index (χ3n) is 3.40. The lowest BCUT2D eigenvalue weighted by Gasteiger charge is -2.31. The molecule has 2 fully saturated rings. The molecule has 0 aromatic rings. The second kappa shape index (κ2) is 3.79. The Morgan fingerprint density at radius 1 is 1.47 bits per heavy atom. The van der Waals surface area contributed by atoms with E-state index in [-0.39, 0.29) is 17.9 Å². The Balaban J connectivity index is 2.16. The van der Waals surface area contributed by atoms with Crippen LogP contribution in [0.4, 0.5) is 4.39 Å². The first-order valence-electron chi connectivity index (χ1n) is 5.29. The molecule has 0 aromatic carbocycles. The molecule has 0 radical (unpaired) electrons. The number of nitrogens with zero attached hydrogens (tertiary/aromatic N) is 1. The van der Waals surface area contributed by atoms with Gasteiger partial charge in [0, 0.05) is 12.5 Å². The zero-order chi connectivity index (χ0) is 11.0. The van der Waals surface area contributed by atoms with Crippen LogP contribution in [-0.4, -0.2) is 34.2 Å². The molecule has 15 heavy (non-hydrogen) atoms. The van der Waals surface area contributed by atoms with Crippen LogP contribution in [0, 0.1) is 5.92 Å². The smallest absolute Gasteiger partial charge is 0.359 e. The van der Waals surface area contributed by atoms with E-state index in [1.54, 1.807) is 0 Å². The van der Waals surface area contributed by atoms with Gasteiger partial charge < -0.3 is 5.11 Å². The molecule has 0 spiro atoms. The van der Waals surface area contributed by atoms with E-state index in [1.807, 2.05) is 0 Å². The van der Waals surface area contributed by atoms with Crippen molar-refractivity contribution in [1.82, 2.24) is 4.90 Å². The fourth-order valence-corrected chi connectivity index (χ4v) is 2.72. The largest absolute Gasteiger partial charge is 0.478 e. The van der Waals surface area contributed by atoms with Crippen molar-refractivity contribution in [2.24, 2.45) is 5.92 Å². The predicted molar refractivity (Wildman–Crippen MR) is 49.7 cm³/mol. The summed E-state index contributed by atoms with van der Waals surface area (Å²) in [6.45, 7) is 0. The van der Waals surface area contributed by atoms with Crippen LogP contribution in [0.2, 0.25) is 0 Å². The number of aliphatic carboxylic acids is 1. The van der Waals surface area contributed by atoms with Gasteiger partial charge in [-0.1, -0.05) is 12.8 Å². The summed E-state index contributed by atoms with van der Waals surface area (Å²) in [6, 6.07) is -0.183. The summed E-state index contributed by atoms with van der Waals surface area (Å²) in [4.78, 5) is 23.0. The molecule has 1 amide bonds. The van der Waals surface area contributed by atoms with Crippen LogP contribution in [0.25, 0.3) is 0 Å². The molecule has 3 atom stereocenters. The first-order chi connectivity index (χ1) is 7.11. The SMILES string of the molecule is O=C(O)C(F)N1C(=O)CC2CCCCC21. The summed E-state index contributed by atoms with van der Waals surface area (Å²) >= 11 is 0. The molecule has 0 aromatic heterocycles. The quantitative estimate of drug-likeness (QED) is 0.703. The standard InChI is InChI=1S/C10H14FNO3/c11-9(10(14)15)12-7-4-2-1-3-6(7)5-8(12)13/h6-7,9H,1-5H2,(H,14,15). The van der Waals surface area contributed by atoms with E-state index in [4.69, 9.17) is 5.11 Å². The highest BCUT2D eigenvalue weighted by Crippen LogP contribution is 2.38. The lowest BCUT2D eigenvalue weighted by molar-refractivity contribution is -0.158. The summed E-state index contributed by atoms with van der Waals surface area (Å²) in [7, 11) is 0. The lowest BCUT2D eigenvalue weighted by atomic mass is 9.85. The average Bonchev–Trinajstić information content (AvgIpc) is 2.52. The van der Waals surface area contributed by atoms with Gasteiger partial charge in [0.15, 0.2) is 0 Å². The molecule has 1 N–H and O–H groups in total. The first-order valence-corrected chi connectivity index (χ1v) is 5.29. The van der Waals surface area contributed by atoms with Crippen LogP contribution >= 0.6 is 0 Å². The van der Waals surface area contributed by atoms with Crippen LogP contribution in [-0.2, 0) is 9.59 Å². The summed E-state index contributed by atoms with van der Waals surface area (Å²) in [6.07, 6.45) is 1.83. The molecule has 1 aliphatic heterocycles. The van der Waals surface area contributed by atoms with Gasteiger partial charge in [0.25, 0.3) is 6.30 Å². The number of carbonyl (C=O) groups excluding carboxylic acids is 1. The summed E-state index contributed by atoms with van der Waals surface area (Å²) in [5.41, 5.74) is 0. The highest BCUT2D eigenvalue weighted by atomic mass is 19.1. The first kappa shape index (κ1) is 10.4. The summed E-state index contributed by atoms with van der Waals surface area (Å²) < 4.78 is 13.4. The highest BCUT2D eigenvalue weighted by Gasteiger charge is 2.46. The van der Waals surface area contributed by atoms with Crippen molar-refractivity contribution >= 4 is 11.9 Å². The Hall–Kier alpha value is -1.13. The van der Waals surface area contributed by atoms with Gasteiger partial charge in [0.05, 0.1) is 0 Å². The minimum absolute atomic E-state index is 0.170. The van der Waals surface area contributed by atoms with Crippen molar-refractivity contribution in [3.8, 4) is 0 Å². The number of carboxylic acid groups (broad SMARTS) is 1. The number of amides is 1. The average molecular weight is 215 g/mol. The van der Waals surface area contributed by atoms with Crippen LogP contribution in [0.15, 0.2) is 0 Å². The van der Waals surface area contributed by atoms with Crippen molar-refractivity contribution in [3.05, 3.63) is 0 Å². The third kappa shape index (κ3) is 1.70. The van der Waals surface area contributed by atoms with Crippen molar-refractivity contribution < 1.29 is 19.1 Å². The van der Waals surface area contributed by atoms with E-state index >= 15 is 0 Å². The molecule has 5 heteroatoms. The maximum atomic E-state index is 13.4. The molecule has 1 heterocycles. The number of alkyl halides is 1. The zero-order valence-corrected chi connectivity index (χ0v) is 8.36. The lowest BCUT2D eigenvalue weighted by Crippen LogP contribution is -2.45. The predicted octanol–water partition coefficient (Wildman–Crippen LogP) is 1.16. The van der Waals surface area contributed by atoms with E-state index in [9.17, 15) is 14.0 Å². The fourth-order valence-electron chi connectivity index (χ4n) is 2.72. The van der Waals surface area contributed by atoms with Gasteiger partial charge in [0.1, 0.15) is 0 Å². The number of fused-ring (bicyclic) bond motifs is 1. The number of likely N-dealkylation sites (tertiary alicyclic amines) is 1. The summed E-state index contributed by atoms with van der Waals surface area (Å²) in [5.74, 6) is -1.74. The molecule has 1 saturated carbocycles. The maximum absolute atomic E-state index is 13.4. The van der Waals surface area contributed by atoms with E-state index in [2.05, 4.69) is 0 Å². The zero-order valence-electron chi connectivity index (χ0n) is 8.36. The molecule has 1 saturated heterocycles. The Labute approximate surface area is 87.1 Å². The molecule has 1 aliphatic carbocycles. The number of rotatable bonds is 2. The van der Waals surface area contributed by atoms with Crippen LogP contribution in [0.1, 0.15) is 32.1 Å². The number of carbonyl (C=O) groups is 2. The minimum Gasteiger partial charge on any atom is -0.478 e. The Bertz CT molecular complexity index is 294. The van der Waals surface area contributed by atoms with Gasteiger partial charge in [-0.05, 0) is 18.8 Å². The summed E-state index contributed by atoms with van der Waals surface area (Å²) in [5, 5.41) is 8.58. The van der Waals surface area contributed by atoms with Crippen molar-refractivity contribution in [2.75, 3.05) is 0 Å². The number of carboxylic acids is 1. The van der Waals surface area contributed by atoms with Crippen LogP contribution < -0.4 is 0 Å². The molecule has 2 rings (SSSR count). The molecule has 2 aliphatic rings. The highest BCUT2D eigenvalue weighted by molar-refractivity contribution is 5.85. The Morgan fingerprint density at radius 2 is 2.13 bits per heavy atom. The van der Waals surface area contributed by atoms with Crippen LogP contribution in [0.3, 0.4) is 0 Å². The number of hydrogen-bond acceptors (Lipinski definition) is 2. The minimum atomic E-state index is -2.16.